The zero-order chi connectivity index (χ0) is 26.6. The molecule has 2 heterocycles. The predicted molar refractivity (Wildman–Crippen MR) is 143 cm³/mol. The van der Waals surface area contributed by atoms with Gasteiger partial charge in [-0.05, 0) is 77.1 Å². The number of fused-ring (bicyclic) bond motifs is 1. The van der Waals surface area contributed by atoms with Gasteiger partial charge in [0.1, 0.15) is 17.2 Å². The van der Waals surface area contributed by atoms with Crippen molar-refractivity contribution in [1.29, 1.82) is 0 Å². The highest BCUT2D eigenvalue weighted by molar-refractivity contribution is 5.90. The van der Waals surface area contributed by atoms with Gasteiger partial charge in [0.25, 0.3) is 5.91 Å². The molecular formula is C28H31N5O4. The zero-order valence-corrected chi connectivity index (χ0v) is 21.6. The third kappa shape index (κ3) is 6.84. The van der Waals surface area contributed by atoms with E-state index in [-0.39, 0.29) is 18.6 Å². The fourth-order valence-electron chi connectivity index (χ4n) is 3.63. The maximum absolute atomic E-state index is 12.4. The van der Waals surface area contributed by atoms with Crippen molar-refractivity contribution < 1.29 is 19.1 Å². The van der Waals surface area contributed by atoms with Crippen LogP contribution in [0.2, 0.25) is 0 Å². The molecule has 0 bridgehead atoms. The Morgan fingerprint density at radius 1 is 1.03 bits per heavy atom. The number of rotatable bonds is 7. The van der Waals surface area contributed by atoms with Crippen molar-refractivity contribution in [3.8, 4) is 17.0 Å². The van der Waals surface area contributed by atoms with Gasteiger partial charge in [0.15, 0.2) is 6.61 Å². The molecule has 9 nitrogen and oxygen atoms in total. The van der Waals surface area contributed by atoms with Crippen molar-refractivity contribution in [3.05, 3.63) is 66.9 Å². The number of hydrogen-bond acceptors (Lipinski definition) is 7. The Morgan fingerprint density at radius 2 is 1.81 bits per heavy atom. The number of carbonyl (C=O) groups is 2. The first-order valence-corrected chi connectivity index (χ1v) is 12.1. The number of aromatic nitrogens is 3. The van der Waals surface area contributed by atoms with Crippen molar-refractivity contribution >= 4 is 34.4 Å². The lowest BCUT2D eigenvalue weighted by Gasteiger charge is -2.19. The van der Waals surface area contributed by atoms with Crippen molar-refractivity contribution in [2.45, 2.75) is 46.3 Å². The Morgan fingerprint density at radius 3 is 2.57 bits per heavy atom. The molecule has 0 saturated carbocycles. The largest absolute Gasteiger partial charge is 0.484 e. The standard InChI is InChI=1S/C28H31N5O4/c1-18(2)30-26(34)17-36-22-9-6-8-19(15-22)23-10-7-11-25(32-23)31-21-12-13-24-20(14-21)16-29-33(24)27(35)37-28(3,4)5/h6-16,18H,17H2,1-5H3,(H,30,34)(H,31,32). The molecule has 0 radical (unpaired) electrons. The molecule has 4 aromatic rings. The molecule has 192 valence electrons. The van der Waals surface area contributed by atoms with Gasteiger partial charge in [-0.25, -0.2) is 9.78 Å². The number of ether oxygens (including phenoxy) is 2. The van der Waals surface area contributed by atoms with Gasteiger partial charge in [0, 0.05) is 22.7 Å². The molecule has 0 unspecified atom stereocenters. The van der Waals surface area contributed by atoms with Crippen LogP contribution in [0.3, 0.4) is 0 Å². The lowest BCUT2D eigenvalue weighted by atomic mass is 10.1. The number of hydrogen-bond donors (Lipinski definition) is 2. The lowest BCUT2D eigenvalue weighted by Crippen LogP contribution is -2.34. The zero-order valence-electron chi connectivity index (χ0n) is 21.6. The highest BCUT2D eigenvalue weighted by atomic mass is 16.6. The van der Waals surface area contributed by atoms with Crippen LogP contribution in [0.4, 0.5) is 16.3 Å². The second-order valence-corrected chi connectivity index (χ2v) is 9.88. The minimum atomic E-state index is -0.610. The van der Waals surface area contributed by atoms with Crippen molar-refractivity contribution in [3.63, 3.8) is 0 Å². The van der Waals surface area contributed by atoms with E-state index in [1.807, 2.05) is 89.2 Å². The third-order valence-electron chi connectivity index (χ3n) is 5.11. The molecule has 0 saturated heterocycles. The molecule has 9 heteroatoms. The van der Waals surface area contributed by atoms with Crippen LogP contribution in [0.1, 0.15) is 34.6 Å². The summed E-state index contributed by atoms with van der Waals surface area (Å²) in [5, 5.41) is 11.1. The Hall–Kier alpha value is -4.40. The van der Waals surface area contributed by atoms with Gasteiger partial charge in [0.05, 0.1) is 17.4 Å². The van der Waals surface area contributed by atoms with E-state index >= 15 is 0 Å². The molecule has 0 atom stereocenters. The summed E-state index contributed by atoms with van der Waals surface area (Å²) < 4.78 is 12.3. The molecule has 1 amide bonds. The maximum atomic E-state index is 12.4. The van der Waals surface area contributed by atoms with Gasteiger partial charge < -0.3 is 20.1 Å². The highest BCUT2D eigenvalue weighted by Gasteiger charge is 2.20. The van der Waals surface area contributed by atoms with Gasteiger partial charge in [0.2, 0.25) is 0 Å². The molecule has 0 aliphatic carbocycles. The van der Waals surface area contributed by atoms with E-state index in [1.54, 1.807) is 12.3 Å². The molecule has 2 aromatic heterocycles. The fourth-order valence-corrected chi connectivity index (χ4v) is 3.63. The van der Waals surface area contributed by atoms with E-state index in [0.717, 1.165) is 22.3 Å². The van der Waals surface area contributed by atoms with Gasteiger partial charge in [-0.1, -0.05) is 18.2 Å². The van der Waals surface area contributed by atoms with Gasteiger partial charge in [-0.15, -0.1) is 0 Å². The fraction of sp³-hybridized carbons (Fsp3) is 0.286. The van der Waals surface area contributed by atoms with Gasteiger partial charge in [-0.2, -0.15) is 9.78 Å². The highest BCUT2D eigenvalue weighted by Crippen LogP contribution is 2.26. The Balaban J connectivity index is 1.48. The van der Waals surface area contributed by atoms with Crippen molar-refractivity contribution in [1.82, 2.24) is 20.1 Å². The molecule has 2 aromatic carbocycles. The van der Waals surface area contributed by atoms with E-state index in [2.05, 4.69) is 15.7 Å². The van der Waals surface area contributed by atoms with Crippen molar-refractivity contribution in [2.24, 2.45) is 0 Å². The Labute approximate surface area is 215 Å². The summed E-state index contributed by atoms with van der Waals surface area (Å²) in [6.07, 6.45) is 1.10. The molecule has 4 rings (SSSR count). The predicted octanol–water partition coefficient (Wildman–Crippen LogP) is 5.53. The lowest BCUT2D eigenvalue weighted by molar-refractivity contribution is -0.123. The number of pyridine rings is 1. The molecule has 37 heavy (non-hydrogen) atoms. The average molecular weight is 502 g/mol. The minimum absolute atomic E-state index is 0.0519. The Bertz CT molecular complexity index is 1420. The number of nitrogens with one attached hydrogen (secondary N) is 2. The Kier molecular flexibility index (Phi) is 7.42. The second-order valence-electron chi connectivity index (χ2n) is 9.88. The molecular weight excluding hydrogens is 470 g/mol. The second kappa shape index (κ2) is 10.7. The number of amides is 1. The summed E-state index contributed by atoms with van der Waals surface area (Å²) in [6, 6.07) is 18.8. The molecule has 0 aliphatic rings. The van der Waals surface area contributed by atoms with E-state index in [1.165, 1.54) is 4.68 Å². The van der Waals surface area contributed by atoms with Crippen LogP contribution in [-0.4, -0.2) is 45.0 Å². The van der Waals surface area contributed by atoms with E-state index in [4.69, 9.17) is 14.5 Å². The van der Waals surface area contributed by atoms with E-state index in [0.29, 0.717) is 17.1 Å². The number of benzene rings is 2. The van der Waals surface area contributed by atoms with E-state index in [9.17, 15) is 9.59 Å². The van der Waals surface area contributed by atoms with Gasteiger partial charge >= 0.3 is 6.09 Å². The quantitative estimate of drug-likeness (QED) is 0.343. The van der Waals surface area contributed by atoms with Crippen LogP contribution in [0.15, 0.2) is 66.9 Å². The molecule has 0 fully saturated rings. The molecule has 0 aliphatic heterocycles. The third-order valence-corrected chi connectivity index (χ3v) is 5.11. The number of anilines is 2. The van der Waals surface area contributed by atoms with Crippen molar-refractivity contribution in [2.75, 3.05) is 11.9 Å². The normalized spacial score (nSPS) is 11.4. The molecule has 0 spiro atoms. The first kappa shape index (κ1) is 25.7. The minimum Gasteiger partial charge on any atom is -0.484 e. The smallest absolute Gasteiger partial charge is 0.435 e. The summed E-state index contributed by atoms with van der Waals surface area (Å²) in [5.41, 5.74) is 2.46. The summed E-state index contributed by atoms with van der Waals surface area (Å²) in [5.74, 6) is 1.07. The maximum Gasteiger partial charge on any atom is 0.435 e. The van der Waals surface area contributed by atoms with Crippen LogP contribution < -0.4 is 15.4 Å². The number of nitrogens with zero attached hydrogens (tertiary/aromatic N) is 3. The van der Waals surface area contributed by atoms with Crippen LogP contribution in [0.25, 0.3) is 22.2 Å². The summed E-state index contributed by atoms with van der Waals surface area (Å²) >= 11 is 0. The van der Waals surface area contributed by atoms with Gasteiger partial charge in [-0.3, -0.25) is 4.79 Å². The number of carbonyl (C=O) groups excluding carboxylic acids is 2. The van der Waals surface area contributed by atoms with Crippen LogP contribution in [0, 0.1) is 0 Å². The monoisotopic (exact) mass is 501 g/mol. The summed E-state index contributed by atoms with van der Waals surface area (Å²) in [7, 11) is 0. The SMILES string of the molecule is CC(C)NC(=O)COc1cccc(-c2cccc(Nc3ccc4c(cnn4C(=O)OC(C)(C)C)c3)n2)c1. The van der Waals surface area contributed by atoms with E-state index < -0.39 is 11.7 Å². The first-order valence-electron chi connectivity index (χ1n) is 12.1. The molecule has 2 N–H and O–H groups in total. The summed E-state index contributed by atoms with van der Waals surface area (Å²) in [4.78, 5) is 29.1. The topological polar surface area (TPSA) is 107 Å². The van der Waals surface area contributed by atoms with Crippen LogP contribution >= 0.6 is 0 Å². The first-order chi connectivity index (χ1) is 17.6. The van der Waals surface area contributed by atoms with Crippen LogP contribution in [-0.2, 0) is 9.53 Å². The van der Waals surface area contributed by atoms with Crippen LogP contribution in [0.5, 0.6) is 5.75 Å². The average Bonchev–Trinajstić information content (AvgIpc) is 3.25. The summed E-state index contributed by atoms with van der Waals surface area (Å²) in [6.45, 7) is 9.20.